The fourth-order valence-corrected chi connectivity index (χ4v) is 8.06. The molecule has 2 heterocycles. The molecule has 8 aromatic carbocycles. The van der Waals surface area contributed by atoms with Gasteiger partial charge in [-0.05, 0) is 47.0 Å². The molecule has 0 radical (unpaired) electrons. The van der Waals surface area contributed by atoms with E-state index in [0.717, 1.165) is 5.69 Å². The summed E-state index contributed by atoms with van der Waals surface area (Å²) in [5, 5.41) is 5.01. The molecule has 0 bridgehead atoms. The lowest BCUT2D eigenvalue weighted by atomic mass is 9.89. The van der Waals surface area contributed by atoms with Crippen molar-refractivity contribution in [1.82, 2.24) is 9.13 Å². The van der Waals surface area contributed by atoms with Gasteiger partial charge >= 0.3 is 0 Å². The SMILES string of the molecule is c1ccc(-c2cccc(-c3cccc(-n4c5ccccc5c5ccccc54)c3-c3ccccc3)c2-n2c3ccccc3c3ccccc32)cc1. The maximum atomic E-state index is 2.49. The van der Waals surface area contributed by atoms with Gasteiger partial charge in [-0.15, -0.1) is 0 Å². The van der Waals surface area contributed by atoms with E-state index in [1.807, 2.05) is 0 Å². The molecule has 0 atom stereocenters. The average molecular weight is 637 g/mol. The molecule has 50 heavy (non-hydrogen) atoms. The van der Waals surface area contributed by atoms with Gasteiger partial charge in [-0.25, -0.2) is 0 Å². The van der Waals surface area contributed by atoms with Crippen molar-refractivity contribution < 1.29 is 0 Å². The van der Waals surface area contributed by atoms with Gasteiger partial charge in [-0.3, -0.25) is 0 Å². The summed E-state index contributed by atoms with van der Waals surface area (Å²) >= 11 is 0. The van der Waals surface area contributed by atoms with Crippen LogP contribution in [-0.4, -0.2) is 9.13 Å². The van der Waals surface area contributed by atoms with Crippen molar-refractivity contribution in [3.8, 4) is 44.8 Å². The van der Waals surface area contributed by atoms with Crippen molar-refractivity contribution in [3.05, 3.63) is 194 Å². The molecule has 234 valence electrons. The van der Waals surface area contributed by atoms with Crippen molar-refractivity contribution in [3.63, 3.8) is 0 Å². The largest absolute Gasteiger partial charge is 0.309 e. The quantitative estimate of drug-likeness (QED) is 0.178. The summed E-state index contributed by atoms with van der Waals surface area (Å²) in [6.07, 6.45) is 0. The predicted octanol–water partition coefficient (Wildman–Crippen LogP) is 12.9. The first-order valence-electron chi connectivity index (χ1n) is 17.2. The highest BCUT2D eigenvalue weighted by molar-refractivity contribution is 6.12. The van der Waals surface area contributed by atoms with E-state index in [4.69, 9.17) is 0 Å². The summed E-state index contributed by atoms with van der Waals surface area (Å²) in [4.78, 5) is 0. The fourth-order valence-electron chi connectivity index (χ4n) is 8.06. The standard InChI is InChI=1S/C48H32N2/c1-3-17-33(18-4-1)35-25-15-27-41(48(35)50-44-30-13-9-23-38(44)39-24-10-14-31-45(39)50)40-26-16-32-46(47(40)34-19-5-2-6-20-34)49-42-28-11-7-21-36(42)37-22-8-12-29-43(37)49/h1-32H. The minimum absolute atomic E-state index is 1.16. The van der Waals surface area contributed by atoms with E-state index in [2.05, 4.69) is 203 Å². The Hall–Kier alpha value is -6.64. The Morgan fingerprint density at radius 3 is 1.20 bits per heavy atom. The Kier molecular flexibility index (Phi) is 6.53. The second-order valence-electron chi connectivity index (χ2n) is 12.9. The Labute approximate surface area is 290 Å². The van der Waals surface area contributed by atoms with Gasteiger partial charge in [0, 0.05) is 38.2 Å². The van der Waals surface area contributed by atoms with E-state index >= 15 is 0 Å². The zero-order valence-corrected chi connectivity index (χ0v) is 27.4. The van der Waals surface area contributed by atoms with Crippen LogP contribution in [0.5, 0.6) is 0 Å². The highest BCUT2D eigenvalue weighted by Crippen LogP contribution is 2.46. The van der Waals surface area contributed by atoms with Crippen LogP contribution in [0.15, 0.2) is 194 Å². The Morgan fingerprint density at radius 2 is 0.660 bits per heavy atom. The van der Waals surface area contributed by atoms with E-state index in [-0.39, 0.29) is 0 Å². The topological polar surface area (TPSA) is 9.86 Å². The zero-order valence-electron chi connectivity index (χ0n) is 27.4. The van der Waals surface area contributed by atoms with Gasteiger partial charge in [-0.2, -0.15) is 0 Å². The molecular formula is C48H32N2. The fraction of sp³-hybridized carbons (Fsp3) is 0. The van der Waals surface area contributed by atoms with E-state index in [1.54, 1.807) is 0 Å². The molecule has 0 saturated carbocycles. The van der Waals surface area contributed by atoms with Crippen LogP contribution in [0.1, 0.15) is 0 Å². The highest BCUT2D eigenvalue weighted by Gasteiger charge is 2.24. The van der Waals surface area contributed by atoms with Crippen LogP contribution in [0.4, 0.5) is 0 Å². The van der Waals surface area contributed by atoms with Crippen LogP contribution >= 0.6 is 0 Å². The maximum absolute atomic E-state index is 2.49. The Bertz CT molecular complexity index is 2750. The van der Waals surface area contributed by atoms with Gasteiger partial charge < -0.3 is 9.13 Å². The summed E-state index contributed by atoms with van der Waals surface area (Å²) in [6, 6.07) is 70.5. The normalized spacial score (nSPS) is 11.6. The van der Waals surface area contributed by atoms with Crippen molar-refractivity contribution in [2.75, 3.05) is 0 Å². The molecule has 0 aliphatic heterocycles. The van der Waals surface area contributed by atoms with E-state index in [0.29, 0.717) is 0 Å². The molecule has 0 aliphatic carbocycles. The van der Waals surface area contributed by atoms with E-state index in [1.165, 1.54) is 82.7 Å². The van der Waals surface area contributed by atoms with Crippen LogP contribution in [0.2, 0.25) is 0 Å². The van der Waals surface area contributed by atoms with Crippen LogP contribution < -0.4 is 0 Å². The van der Waals surface area contributed by atoms with Gasteiger partial charge in [0.1, 0.15) is 0 Å². The molecule has 0 spiro atoms. The van der Waals surface area contributed by atoms with Crippen molar-refractivity contribution in [2.24, 2.45) is 0 Å². The smallest absolute Gasteiger partial charge is 0.0619 e. The molecule has 10 rings (SSSR count). The highest BCUT2D eigenvalue weighted by atomic mass is 15.0. The van der Waals surface area contributed by atoms with Crippen LogP contribution in [0.3, 0.4) is 0 Å². The molecular weight excluding hydrogens is 605 g/mol. The van der Waals surface area contributed by atoms with E-state index < -0.39 is 0 Å². The molecule has 0 unspecified atom stereocenters. The number of para-hydroxylation sites is 5. The lowest BCUT2D eigenvalue weighted by Gasteiger charge is -2.23. The molecule has 0 amide bonds. The third-order valence-corrected chi connectivity index (χ3v) is 10.1. The van der Waals surface area contributed by atoms with Gasteiger partial charge in [0.05, 0.1) is 33.4 Å². The molecule has 2 heteroatoms. The second-order valence-corrected chi connectivity index (χ2v) is 12.9. The molecule has 0 N–H and O–H groups in total. The van der Waals surface area contributed by atoms with Crippen molar-refractivity contribution in [1.29, 1.82) is 0 Å². The predicted molar refractivity (Wildman–Crippen MR) is 211 cm³/mol. The number of rotatable bonds is 5. The minimum atomic E-state index is 1.16. The number of aromatic nitrogens is 2. The van der Waals surface area contributed by atoms with Gasteiger partial charge in [0.2, 0.25) is 0 Å². The summed E-state index contributed by atoms with van der Waals surface area (Å²) in [5.41, 5.74) is 14.2. The third-order valence-electron chi connectivity index (χ3n) is 10.1. The van der Waals surface area contributed by atoms with Crippen molar-refractivity contribution in [2.45, 2.75) is 0 Å². The molecule has 0 saturated heterocycles. The molecule has 0 aliphatic rings. The number of hydrogen-bond donors (Lipinski definition) is 0. The first kappa shape index (κ1) is 28.4. The molecule has 10 aromatic rings. The first-order chi connectivity index (χ1) is 24.9. The first-order valence-corrected chi connectivity index (χ1v) is 17.2. The van der Waals surface area contributed by atoms with Crippen LogP contribution in [0, 0.1) is 0 Å². The summed E-state index contributed by atoms with van der Waals surface area (Å²) in [7, 11) is 0. The molecule has 0 fully saturated rings. The number of benzene rings is 8. The second kappa shape index (κ2) is 11.5. The average Bonchev–Trinajstić information content (AvgIpc) is 3.71. The summed E-state index contributed by atoms with van der Waals surface area (Å²) < 4.78 is 4.95. The summed E-state index contributed by atoms with van der Waals surface area (Å²) in [6.45, 7) is 0. The monoisotopic (exact) mass is 636 g/mol. The number of fused-ring (bicyclic) bond motifs is 6. The molecule has 2 nitrogen and oxygen atoms in total. The Morgan fingerprint density at radius 1 is 0.260 bits per heavy atom. The van der Waals surface area contributed by atoms with Gasteiger partial charge in [0.15, 0.2) is 0 Å². The lowest BCUT2D eigenvalue weighted by molar-refractivity contribution is 1.17. The number of hydrogen-bond acceptors (Lipinski definition) is 0. The zero-order chi connectivity index (χ0) is 33.0. The van der Waals surface area contributed by atoms with Crippen LogP contribution in [0.25, 0.3) is 88.4 Å². The Balaban J connectivity index is 1.37. The third kappa shape index (κ3) is 4.29. The lowest BCUT2D eigenvalue weighted by Crippen LogP contribution is -2.03. The van der Waals surface area contributed by atoms with E-state index in [9.17, 15) is 0 Å². The van der Waals surface area contributed by atoms with Crippen LogP contribution in [-0.2, 0) is 0 Å². The van der Waals surface area contributed by atoms with Gasteiger partial charge in [0.25, 0.3) is 0 Å². The minimum Gasteiger partial charge on any atom is -0.309 e. The maximum Gasteiger partial charge on any atom is 0.0619 e. The number of nitrogens with zero attached hydrogens (tertiary/aromatic N) is 2. The van der Waals surface area contributed by atoms with Gasteiger partial charge in [-0.1, -0.05) is 164 Å². The molecule has 2 aromatic heterocycles. The van der Waals surface area contributed by atoms with Crippen molar-refractivity contribution >= 4 is 43.6 Å². The summed E-state index contributed by atoms with van der Waals surface area (Å²) in [5.74, 6) is 0.